The van der Waals surface area contributed by atoms with E-state index in [0.717, 1.165) is 11.1 Å². The predicted octanol–water partition coefficient (Wildman–Crippen LogP) is 5.93. The molecule has 0 N–H and O–H groups in total. The summed E-state index contributed by atoms with van der Waals surface area (Å²) in [7, 11) is 0. The van der Waals surface area contributed by atoms with Gasteiger partial charge in [0.25, 0.3) is 0 Å². The van der Waals surface area contributed by atoms with E-state index in [9.17, 15) is 4.39 Å². The van der Waals surface area contributed by atoms with Crippen LogP contribution >= 0.6 is 39.1 Å². The maximum Gasteiger partial charge on any atom is 0.127 e. The van der Waals surface area contributed by atoms with Crippen molar-refractivity contribution in [3.05, 3.63) is 69.0 Å². The van der Waals surface area contributed by atoms with Crippen LogP contribution in [0.2, 0.25) is 10.0 Å². The van der Waals surface area contributed by atoms with Crippen LogP contribution < -0.4 is 0 Å². The van der Waals surface area contributed by atoms with Gasteiger partial charge in [0.2, 0.25) is 0 Å². The summed E-state index contributed by atoms with van der Waals surface area (Å²) < 4.78 is 13.4. The van der Waals surface area contributed by atoms with Gasteiger partial charge in [-0.25, -0.2) is 4.39 Å². The highest BCUT2D eigenvalue weighted by atomic mass is 79.9. The first kappa shape index (κ1) is 13.9. The van der Waals surface area contributed by atoms with Crippen molar-refractivity contribution in [2.45, 2.75) is 11.8 Å². The molecule has 18 heavy (non-hydrogen) atoms. The van der Waals surface area contributed by atoms with Crippen molar-refractivity contribution in [1.82, 2.24) is 0 Å². The summed E-state index contributed by atoms with van der Waals surface area (Å²) in [5, 5.41) is 1.04. The summed E-state index contributed by atoms with van der Waals surface area (Å²) in [4.78, 5) is -0.155. The van der Waals surface area contributed by atoms with Crippen LogP contribution in [-0.2, 0) is 0 Å². The molecule has 4 heteroatoms. The van der Waals surface area contributed by atoms with Crippen LogP contribution in [0.5, 0.6) is 0 Å². The zero-order valence-corrected chi connectivity index (χ0v) is 12.7. The minimum Gasteiger partial charge on any atom is -0.207 e. The topological polar surface area (TPSA) is 0 Å². The second-order valence-electron chi connectivity index (χ2n) is 4.01. The summed E-state index contributed by atoms with van der Waals surface area (Å²) in [6.45, 7) is 1.71. The van der Waals surface area contributed by atoms with Crippen molar-refractivity contribution in [3.8, 4) is 0 Å². The molecule has 94 valence electrons. The molecule has 0 saturated carbocycles. The Kier molecular flexibility index (Phi) is 4.31. The molecule has 1 unspecified atom stereocenters. The van der Waals surface area contributed by atoms with E-state index in [1.54, 1.807) is 13.0 Å². The Morgan fingerprint density at radius 2 is 1.72 bits per heavy atom. The van der Waals surface area contributed by atoms with Crippen LogP contribution in [0.15, 0.2) is 36.4 Å². The van der Waals surface area contributed by atoms with Gasteiger partial charge >= 0.3 is 0 Å². The number of alkyl halides is 1. The Balaban J connectivity index is 2.50. The number of hydrogen-bond acceptors (Lipinski definition) is 0. The fraction of sp³-hybridized carbons (Fsp3) is 0.143. The van der Waals surface area contributed by atoms with Gasteiger partial charge in [0, 0.05) is 10.0 Å². The molecule has 0 aliphatic carbocycles. The largest absolute Gasteiger partial charge is 0.207 e. The molecule has 0 saturated heterocycles. The predicted molar refractivity (Wildman–Crippen MR) is 78.4 cm³/mol. The first-order valence-corrected chi connectivity index (χ1v) is 7.02. The molecule has 0 bridgehead atoms. The summed E-state index contributed by atoms with van der Waals surface area (Å²) >= 11 is 15.8. The summed E-state index contributed by atoms with van der Waals surface area (Å²) in [6, 6.07) is 10.6. The van der Waals surface area contributed by atoms with E-state index in [1.807, 2.05) is 24.3 Å². The number of halogens is 4. The van der Waals surface area contributed by atoms with Crippen LogP contribution in [0.4, 0.5) is 4.39 Å². The van der Waals surface area contributed by atoms with E-state index in [0.29, 0.717) is 15.6 Å². The lowest BCUT2D eigenvalue weighted by molar-refractivity contribution is 0.618. The highest BCUT2D eigenvalue weighted by Crippen LogP contribution is 2.39. The van der Waals surface area contributed by atoms with Gasteiger partial charge < -0.3 is 0 Å². The van der Waals surface area contributed by atoms with E-state index in [4.69, 9.17) is 23.2 Å². The Morgan fingerprint density at radius 1 is 1.06 bits per heavy atom. The van der Waals surface area contributed by atoms with Crippen LogP contribution in [0.25, 0.3) is 0 Å². The van der Waals surface area contributed by atoms with Crippen molar-refractivity contribution < 1.29 is 4.39 Å². The van der Waals surface area contributed by atoms with Crippen LogP contribution in [0.1, 0.15) is 21.5 Å². The lowest BCUT2D eigenvalue weighted by Crippen LogP contribution is -1.97. The lowest BCUT2D eigenvalue weighted by Gasteiger charge is -2.15. The minimum absolute atomic E-state index is 0.155. The standard InChI is InChI=1S/C14H10BrCl2F/c1-8-6-10(12(17)7-13(8)18)14(15)9-4-2-3-5-11(9)16/h2-7,14H,1H3. The molecule has 0 aliphatic rings. The zero-order valence-electron chi connectivity index (χ0n) is 9.55. The van der Waals surface area contributed by atoms with Gasteiger partial charge in [-0.3, -0.25) is 0 Å². The molecule has 2 aromatic carbocycles. The van der Waals surface area contributed by atoms with E-state index in [-0.39, 0.29) is 10.6 Å². The monoisotopic (exact) mass is 346 g/mol. The van der Waals surface area contributed by atoms with E-state index in [2.05, 4.69) is 15.9 Å². The van der Waals surface area contributed by atoms with Gasteiger partial charge in [0.1, 0.15) is 5.82 Å². The summed E-state index contributed by atoms with van der Waals surface area (Å²) in [5.74, 6) is -0.303. The van der Waals surface area contributed by atoms with Crippen LogP contribution in [0.3, 0.4) is 0 Å². The van der Waals surface area contributed by atoms with E-state index in [1.165, 1.54) is 6.07 Å². The minimum atomic E-state index is -0.303. The van der Waals surface area contributed by atoms with Gasteiger partial charge in [-0.05, 0) is 35.7 Å². The fourth-order valence-electron chi connectivity index (χ4n) is 1.72. The Morgan fingerprint density at radius 3 is 2.39 bits per heavy atom. The van der Waals surface area contributed by atoms with Gasteiger partial charge in [0.15, 0.2) is 0 Å². The maximum absolute atomic E-state index is 13.4. The molecular weight excluding hydrogens is 338 g/mol. The smallest absolute Gasteiger partial charge is 0.127 e. The molecular formula is C14H10BrCl2F. The average Bonchev–Trinajstić information content (AvgIpc) is 2.33. The molecule has 0 fully saturated rings. The van der Waals surface area contributed by atoms with Gasteiger partial charge in [-0.1, -0.05) is 63.4 Å². The molecule has 0 radical (unpaired) electrons. The number of aryl methyl sites for hydroxylation is 1. The Hall–Kier alpha value is -0.570. The van der Waals surface area contributed by atoms with E-state index >= 15 is 0 Å². The number of rotatable bonds is 2. The third kappa shape index (κ3) is 2.71. The second-order valence-corrected chi connectivity index (χ2v) is 5.74. The fourth-order valence-corrected chi connectivity index (χ4v) is 3.27. The normalized spacial score (nSPS) is 12.5. The molecule has 0 amide bonds. The van der Waals surface area contributed by atoms with Crippen molar-refractivity contribution in [3.63, 3.8) is 0 Å². The first-order valence-electron chi connectivity index (χ1n) is 5.34. The molecule has 0 aromatic heterocycles. The van der Waals surface area contributed by atoms with Crippen molar-refractivity contribution in [2.75, 3.05) is 0 Å². The van der Waals surface area contributed by atoms with Gasteiger partial charge in [-0.15, -0.1) is 0 Å². The highest BCUT2D eigenvalue weighted by Gasteiger charge is 2.17. The third-order valence-electron chi connectivity index (χ3n) is 2.73. The number of benzene rings is 2. The Labute approximate surface area is 124 Å². The zero-order chi connectivity index (χ0) is 13.3. The molecule has 0 nitrogen and oxygen atoms in total. The SMILES string of the molecule is Cc1cc(C(Br)c2ccccc2Cl)c(Cl)cc1F. The van der Waals surface area contributed by atoms with Crippen molar-refractivity contribution >= 4 is 39.1 Å². The second kappa shape index (κ2) is 5.60. The maximum atomic E-state index is 13.4. The Bertz CT molecular complexity index is 584. The van der Waals surface area contributed by atoms with Crippen molar-refractivity contribution in [1.29, 1.82) is 0 Å². The highest BCUT2D eigenvalue weighted by molar-refractivity contribution is 9.09. The summed E-state index contributed by atoms with van der Waals surface area (Å²) in [5.41, 5.74) is 2.28. The van der Waals surface area contributed by atoms with Gasteiger partial charge in [0.05, 0.1) is 4.83 Å². The molecule has 2 rings (SSSR count). The van der Waals surface area contributed by atoms with Crippen LogP contribution in [0, 0.1) is 12.7 Å². The molecule has 0 aliphatic heterocycles. The van der Waals surface area contributed by atoms with E-state index < -0.39 is 0 Å². The molecule has 1 atom stereocenters. The van der Waals surface area contributed by atoms with Crippen molar-refractivity contribution in [2.24, 2.45) is 0 Å². The quantitative estimate of drug-likeness (QED) is 0.591. The van der Waals surface area contributed by atoms with Crippen LogP contribution in [-0.4, -0.2) is 0 Å². The first-order chi connectivity index (χ1) is 8.50. The third-order valence-corrected chi connectivity index (χ3v) is 4.39. The lowest BCUT2D eigenvalue weighted by atomic mass is 10.0. The summed E-state index contributed by atoms with van der Waals surface area (Å²) in [6.07, 6.45) is 0. The molecule has 2 aromatic rings. The molecule has 0 heterocycles. The van der Waals surface area contributed by atoms with Gasteiger partial charge in [-0.2, -0.15) is 0 Å². The molecule has 0 spiro atoms. The average molecular weight is 348 g/mol. The number of hydrogen-bond donors (Lipinski definition) is 0.